The fourth-order valence-corrected chi connectivity index (χ4v) is 1.44. The van der Waals surface area contributed by atoms with Gasteiger partial charge in [-0.05, 0) is 18.6 Å². The number of aliphatic hydroxyl groups excluding tert-OH is 1. The van der Waals surface area contributed by atoms with E-state index in [1.54, 1.807) is 6.07 Å². The van der Waals surface area contributed by atoms with Crippen LogP contribution in [0.5, 0.6) is 11.5 Å². The molecule has 0 aromatic heterocycles. The first-order valence-corrected chi connectivity index (χ1v) is 5.43. The van der Waals surface area contributed by atoms with E-state index in [9.17, 15) is 4.79 Å². The first-order chi connectivity index (χ1) is 8.08. The van der Waals surface area contributed by atoms with Crippen molar-refractivity contribution in [1.82, 2.24) is 0 Å². The molecule has 0 aliphatic heterocycles. The average Bonchev–Trinajstić information content (AvgIpc) is 2.29. The molecule has 0 aliphatic carbocycles. The number of halogens is 1. The molecule has 0 atom stereocenters. The maximum Gasteiger partial charge on any atom is 0.255 e. The predicted octanol–water partition coefficient (Wildman–Crippen LogP) is 1.10. The lowest BCUT2D eigenvalue weighted by Crippen LogP contribution is -2.20. The Balaban J connectivity index is 2.99. The van der Waals surface area contributed by atoms with Crippen LogP contribution in [0.25, 0.3) is 0 Å². The van der Waals surface area contributed by atoms with Gasteiger partial charge >= 0.3 is 0 Å². The smallest absolute Gasteiger partial charge is 0.255 e. The zero-order chi connectivity index (χ0) is 12.8. The molecule has 5 nitrogen and oxygen atoms in total. The van der Waals surface area contributed by atoms with E-state index in [0.717, 1.165) is 0 Å². The van der Waals surface area contributed by atoms with Gasteiger partial charge in [0.15, 0.2) is 18.1 Å². The average molecular weight is 260 g/mol. The van der Waals surface area contributed by atoms with Gasteiger partial charge in [-0.3, -0.25) is 4.79 Å². The lowest BCUT2D eigenvalue weighted by Gasteiger charge is -2.13. The van der Waals surface area contributed by atoms with Crippen LogP contribution in [0.2, 0.25) is 5.02 Å². The van der Waals surface area contributed by atoms with E-state index in [-0.39, 0.29) is 13.2 Å². The van der Waals surface area contributed by atoms with Crippen LogP contribution in [0.3, 0.4) is 0 Å². The summed E-state index contributed by atoms with van der Waals surface area (Å²) < 4.78 is 10.5. The van der Waals surface area contributed by atoms with Gasteiger partial charge in [-0.15, -0.1) is 0 Å². The van der Waals surface area contributed by atoms with Crippen molar-refractivity contribution in [3.63, 3.8) is 0 Å². The van der Waals surface area contributed by atoms with Gasteiger partial charge in [-0.1, -0.05) is 11.6 Å². The van der Waals surface area contributed by atoms with Crippen LogP contribution in [0.1, 0.15) is 12.5 Å². The van der Waals surface area contributed by atoms with Gasteiger partial charge in [0, 0.05) is 6.07 Å². The molecule has 0 fully saturated rings. The summed E-state index contributed by atoms with van der Waals surface area (Å²) in [6.45, 7) is 1.79. The Bertz CT molecular complexity index is 409. The molecule has 1 aromatic rings. The molecule has 0 saturated heterocycles. The number of carbonyl (C=O) groups excluding carboxylic acids is 1. The zero-order valence-corrected chi connectivity index (χ0v) is 10.2. The zero-order valence-electron chi connectivity index (χ0n) is 9.40. The van der Waals surface area contributed by atoms with Crippen LogP contribution in [-0.4, -0.2) is 24.2 Å². The molecule has 0 unspecified atom stereocenters. The number of hydrogen-bond donors (Lipinski definition) is 2. The molecule has 0 spiro atoms. The minimum absolute atomic E-state index is 0.199. The van der Waals surface area contributed by atoms with Gasteiger partial charge in [-0.2, -0.15) is 0 Å². The Morgan fingerprint density at radius 1 is 1.41 bits per heavy atom. The minimum Gasteiger partial charge on any atom is -0.490 e. The van der Waals surface area contributed by atoms with Crippen LogP contribution < -0.4 is 15.2 Å². The number of aliphatic hydroxyl groups is 1. The molecule has 1 aromatic carbocycles. The number of primary amides is 1. The van der Waals surface area contributed by atoms with Crippen molar-refractivity contribution in [3.05, 3.63) is 22.7 Å². The highest BCUT2D eigenvalue weighted by Gasteiger charge is 2.11. The lowest BCUT2D eigenvalue weighted by atomic mass is 10.2. The predicted molar refractivity (Wildman–Crippen MR) is 63.2 cm³/mol. The summed E-state index contributed by atoms with van der Waals surface area (Å²) in [5.74, 6) is 0.157. The second-order valence-electron chi connectivity index (χ2n) is 3.24. The van der Waals surface area contributed by atoms with Gasteiger partial charge in [0.1, 0.15) is 0 Å². The first kappa shape index (κ1) is 13.6. The Morgan fingerprint density at radius 3 is 2.59 bits per heavy atom. The monoisotopic (exact) mass is 259 g/mol. The molecule has 0 bridgehead atoms. The van der Waals surface area contributed by atoms with E-state index in [1.165, 1.54) is 6.07 Å². The highest BCUT2D eigenvalue weighted by Crippen LogP contribution is 2.33. The van der Waals surface area contributed by atoms with Gasteiger partial charge in [0.05, 0.1) is 18.2 Å². The van der Waals surface area contributed by atoms with E-state index < -0.39 is 5.91 Å². The second-order valence-corrected chi connectivity index (χ2v) is 3.64. The van der Waals surface area contributed by atoms with Crippen LogP contribution >= 0.6 is 11.6 Å². The largest absolute Gasteiger partial charge is 0.490 e. The van der Waals surface area contributed by atoms with Crippen molar-refractivity contribution in [1.29, 1.82) is 0 Å². The van der Waals surface area contributed by atoms with Crippen LogP contribution in [0.4, 0.5) is 0 Å². The Kier molecular flexibility index (Phi) is 5.06. The van der Waals surface area contributed by atoms with E-state index in [4.69, 9.17) is 31.9 Å². The van der Waals surface area contributed by atoms with E-state index in [1.807, 2.05) is 6.92 Å². The fraction of sp³-hybridized carbons (Fsp3) is 0.364. The highest BCUT2D eigenvalue weighted by atomic mass is 35.5. The van der Waals surface area contributed by atoms with Gasteiger partial charge in [0.2, 0.25) is 0 Å². The van der Waals surface area contributed by atoms with Crippen molar-refractivity contribution in [2.75, 3.05) is 13.2 Å². The molecule has 3 N–H and O–H groups in total. The van der Waals surface area contributed by atoms with Crippen molar-refractivity contribution in [3.8, 4) is 11.5 Å². The van der Waals surface area contributed by atoms with Crippen molar-refractivity contribution in [2.24, 2.45) is 5.73 Å². The number of ether oxygens (including phenoxy) is 2. The summed E-state index contributed by atoms with van der Waals surface area (Å²) in [7, 11) is 0. The summed E-state index contributed by atoms with van der Waals surface area (Å²) in [4.78, 5) is 10.6. The standard InChI is InChI=1S/C11H14ClNO4/c1-2-16-9-3-7(5-14)8(12)4-10(9)17-6-11(13)15/h3-4,14H,2,5-6H2,1H3,(H2,13,15). The summed E-state index contributed by atoms with van der Waals surface area (Å²) in [5.41, 5.74) is 5.51. The topological polar surface area (TPSA) is 81.8 Å². The molecule has 6 heteroatoms. The maximum absolute atomic E-state index is 10.6. The molecular weight excluding hydrogens is 246 g/mol. The van der Waals surface area contributed by atoms with Crippen LogP contribution in [-0.2, 0) is 11.4 Å². The fourth-order valence-electron chi connectivity index (χ4n) is 1.23. The first-order valence-electron chi connectivity index (χ1n) is 5.05. The third-order valence-electron chi connectivity index (χ3n) is 1.95. The summed E-state index contributed by atoms with van der Waals surface area (Å²) >= 11 is 5.91. The summed E-state index contributed by atoms with van der Waals surface area (Å²) in [5, 5.41) is 9.41. The number of nitrogens with two attached hydrogens (primary N) is 1. The van der Waals surface area contributed by atoms with Crippen molar-refractivity contribution >= 4 is 17.5 Å². The van der Waals surface area contributed by atoms with Crippen molar-refractivity contribution < 1.29 is 19.4 Å². The summed E-state index contributed by atoms with van der Waals surface area (Å²) in [6, 6.07) is 3.06. The third kappa shape index (κ3) is 3.80. The van der Waals surface area contributed by atoms with Crippen LogP contribution in [0, 0.1) is 0 Å². The maximum atomic E-state index is 10.6. The Hall–Kier alpha value is -1.46. The van der Waals surface area contributed by atoms with E-state index in [0.29, 0.717) is 28.7 Å². The Morgan fingerprint density at radius 2 is 2.06 bits per heavy atom. The van der Waals surface area contributed by atoms with Gasteiger partial charge < -0.3 is 20.3 Å². The second kappa shape index (κ2) is 6.32. The van der Waals surface area contributed by atoms with Crippen molar-refractivity contribution in [2.45, 2.75) is 13.5 Å². The number of benzene rings is 1. The number of amides is 1. The summed E-state index contributed by atoms with van der Waals surface area (Å²) in [6.07, 6.45) is 0. The highest BCUT2D eigenvalue weighted by molar-refractivity contribution is 6.31. The quantitative estimate of drug-likeness (QED) is 0.801. The molecule has 17 heavy (non-hydrogen) atoms. The number of hydrogen-bond acceptors (Lipinski definition) is 4. The lowest BCUT2D eigenvalue weighted by molar-refractivity contribution is -0.119. The molecule has 0 heterocycles. The molecule has 1 rings (SSSR count). The molecule has 0 aliphatic rings. The van der Waals surface area contributed by atoms with Gasteiger partial charge in [-0.25, -0.2) is 0 Å². The minimum atomic E-state index is -0.588. The SMILES string of the molecule is CCOc1cc(CO)c(Cl)cc1OCC(N)=O. The normalized spacial score (nSPS) is 10.1. The van der Waals surface area contributed by atoms with Gasteiger partial charge in [0.25, 0.3) is 5.91 Å². The van der Waals surface area contributed by atoms with E-state index >= 15 is 0 Å². The third-order valence-corrected chi connectivity index (χ3v) is 2.30. The van der Waals surface area contributed by atoms with E-state index in [2.05, 4.69) is 0 Å². The number of rotatable bonds is 6. The van der Waals surface area contributed by atoms with Crippen LogP contribution in [0.15, 0.2) is 12.1 Å². The Labute approximate surface area is 104 Å². The molecule has 94 valence electrons. The molecule has 0 radical (unpaired) electrons. The number of carbonyl (C=O) groups is 1. The molecular formula is C11H14ClNO4. The molecule has 0 saturated carbocycles. The molecule has 1 amide bonds.